The molecule has 27 heavy (non-hydrogen) atoms. The summed E-state index contributed by atoms with van der Waals surface area (Å²) in [6.45, 7) is 10.1. The summed E-state index contributed by atoms with van der Waals surface area (Å²) in [6, 6.07) is 8.20. The zero-order chi connectivity index (χ0) is 19.2. The summed E-state index contributed by atoms with van der Waals surface area (Å²) in [5, 5.41) is 3.86. The highest BCUT2D eigenvalue weighted by Crippen LogP contribution is 2.35. The van der Waals surface area contributed by atoms with Gasteiger partial charge in [0, 0.05) is 37.2 Å². The lowest BCUT2D eigenvalue weighted by atomic mass is 10.0. The van der Waals surface area contributed by atoms with Crippen LogP contribution < -0.4 is 5.32 Å². The van der Waals surface area contributed by atoms with Gasteiger partial charge in [-0.3, -0.25) is 14.6 Å². The number of amides is 1. The number of nitrogens with one attached hydrogen (secondary N) is 1. The number of nitrogens with zero attached hydrogens (tertiary/aromatic N) is 2. The van der Waals surface area contributed by atoms with Crippen molar-refractivity contribution in [2.24, 2.45) is 5.92 Å². The number of hydrogen-bond acceptors (Lipinski definition) is 4. The Bertz CT molecular complexity index is 625. The molecule has 1 N–H and O–H groups in total. The van der Waals surface area contributed by atoms with Crippen LogP contribution in [0.3, 0.4) is 0 Å². The predicted molar refractivity (Wildman–Crippen MR) is 109 cm³/mol. The van der Waals surface area contributed by atoms with Crippen LogP contribution in [0.15, 0.2) is 24.3 Å². The molecule has 2 fully saturated rings. The van der Waals surface area contributed by atoms with Crippen LogP contribution in [-0.2, 0) is 9.53 Å². The Labute approximate surface area is 168 Å². The minimum absolute atomic E-state index is 0.0681. The second-order valence-electron chi connectivity index (χ2n) is 8.10. The fourth-order valence-electron chi connectivity index (χ4n) is 4.17. The van der Waals surface area contributed by atoms with E-state index in [9.17, 15) is 4.79 Å². The van der Waals surface area contributed by atoms with Gasteiger partial charge in [-0.05, 0) is 36.9 Å². The van der Waals surface area contributed by atoms with Crippen molar-refractivity contribution in [2.45, 2.75) is 38.8 Å². The molecule has 0 spiro atoms. The third-order valence-electron chi connectivity index (χ3n) is 5.35. The molecule has 1 amide bonds. The first kappa shape index (κ1) is 20.6. The quantitative estimate of drug-likeness (QED) is 0.773. The lowest BCUT2D eigenvalue weighted by Crippen LogP contribution is -2.49. The van der Waals surface area contributed by atoms with Gasteiger partial charge in [-0.15, -0.1) is 0 Å². The SMILES string of the molecule is CC(C)CN1CCOC(CNC(=O)CN2CCCC2c2ccccc2Cl)C1. The molecule has 2 saturated heterocycles. The number of carbonyl (C=O) groups excluding carboxylic acids is 1. The molecule has 2 unspecified atom stereocenters. The Balaban J connectivity index is 1.47. The van der Waals surface area contributed by atoms with Gasteiger partial charge in [0.15, 0.2) is 0 Å². The van der Waals surface area contributed by atoms with E-state index in [4.69, 9.17) is 16.3 Å². The Hall–Kier alpha value is -1.14. The first-order chi connectivity index (χ1) is 13.0. The maximum atomic E-state index is 12.5. The molecule has 2 atom stereocenters. The lowest BCUT2D eigenvalue weighted by molar-refractivity contribution is -0.123. The number of morpholine rings is 1. The Morgan fingerprint density at radius 1 is 1.33 bits per heavy atom. The van der Waals surface area contributed by atoms with Crippen LogP contribution in [-0.4, -0.2) is 67.7 Å². The standard InChI is InChI=1S/C21H32ClN3O2/c1-16(2)13-24-10-11-27-17(14-24)12-23-21(26)15-25-9-5-8-20(25)18-6-3-4-7-19(18)22/h3-4,6-7,16-17,20H,5,8-15H2,1-2H3,(H,23,26). The van der Waals surface area contributed by atoms with Gasteiger partial charge < -0.3 is 10.1 Å². The number of likely N-dealkylation sites (tertiary alicyclic amines) is 1. The third kappa shape index (κ3) is 5.92. The normalized spacial score (nSPS) is 24.4. The number of hydrogen-bond donors (Lipinski definition) is 1. The Morgan fingerprint density at radius 2 is 2.15 bits per heavy atom. The Kier molecular flexibility index (Phi) is 7.53. The minimum Gasteiger partial charge on any atom is -0.374 e. The Morgan fingerprint density at radius 3 is 2.93 bits per heavy atom. The molecule has 150 valence electrons. The molecule has 1 aromatic carbocycles. The van der Waals surface area contributed by atoms with Gasteiger partial charge in [0.1, 0.15) is 0 Å². The molecule has 2 aliphatic heterocycles. The lowest BCUT2D eigenvalue weighted by Gasteiger charge is -2.34. The topological polar surface area (TPSA) is 44.8 Å². The van der Waals surface area contributed by atoms with Crippen LogP contribution in [0.25, 0.3) is 0 Å². The fourth-order valence-corrected chi connectivity index (χ4v) is 4.43. The van der Waals surface area contributed by atoms with Gasteiger partial charge in [-0.2, -0.15) is 0 Å². The van der Waals surface area contributed by atoms with Crippen molar-refractivity contribution in [3.05, 3.63) is 34.9 Å². The zero-order valence-corrected chi connectivity index (χ0v) is 17.3. The molecular formula is C21H32ClN3O2. The number of rotatable bonds is 7. The minimum atomic E-state index is 0.0681. The van der Waals surface area contributed by atoms with E-state index < -0.39 is 0 Å². The highest BCUT2D eigenvalue weighted by Gasteiger charge is 2.29. The highest BCUT2D eigenvalue weighted by molar-refractivity contribution is 6.31. The summed E-state index contributed by atoms with van der Waals surface area (Å²) in [4.78, 5) is 17.2. The molecule has 0 radical (unpaired) electrons. The smallest absolute Gasteiger partial charge is 0.234 e. The van der Waals surface area contributed by atoms with Crippen molar-refractivity contribution in [3.8, 4) is 0 Å². The first-order valence-corrected chi connectivity index (χ1v) is 10.5. The molecule has 5 nitrogen and oxygen atoms in total. The maximum absolute atomic E-state index is 12.5. The second-order valence-corrected chi connectivity index (χ2v) is 8.51. The van der Waals surface area contributed by atoms with Gasteiger partial charge >= 0.3 is 0 Å². The first-order valence-electron chi connectivity index (χ1n) is 10.1. The van der Waals surface area contributed by atoms with E-state index in [1.807, 2.05) is 18.2 Å². The third-order valence-corrected chi connectivity index (χ3v) is 5.69. The number of ether oxygens (including phenoxy) is 1. The summed E-state index contributed by atoms with van der Waals surface area (Å²) < 4.78 is 5.83. The average molecular weight is 394 g/mol. The van der Waals surface area contributed by atoms with Gasteiger partial charge in [-0.1, -0.05) is 43.6 Å². The van der Waals surface area contributed by atoms with Crippen molar-refractivity contribution < 1.29 is 9.53 Å². The largest absolute Gasteiger partial charge is 0.374 e. The summed E-state index contributed by atoms with van der Waals surface area (Å²) >= 11 is 6.37. The number of halogens is 1. The van der Waals surface area contributed by atoms with Gasteiger partial charge in [-0.25, -0.2) is 0 Å². The van der Waals surface area contributed by atoms with E-state index in [1.165, 1.54) is 0 Å². The average Bonchev–Trinajstić information content (AvgIpc) is 3.08. The van der Waals surface area contributed by atoms with Gasteiger partial charge in [0.2, 0.25) is 5.91 Å². The predicted octanol–water partition coefficient (Wildman–Crippen LogP) is 2.95. The monoisotopic (exact) mass is 393 g/mol. The van der Waals surface area contributed by atoms with Crippen molar-refractivity contribution in [1.82, 2.24) is 15.1 Å². The number of benzene rings is 1. The molecule has 0 aliphatic carbocycles. The van der Waals surface area contributed by atoms with Crippen molar-refractivity contribution in [1.29, 1.82) is 0 Å². The van der Waals surface area contributed by atoms with Crippen molar-refractivity contribution in [3.63, 3.8) is 0 Å². The van der Waals surface area contributed by atoms with Crippen LogP contribution in [0.5, 0.6) is 0 Å². The molecule has 0 saturated carbocycles. The van der Waals surface area contributed by atoms with E-state index in [0.29, 0.717) is 19.0 Å². The maximum Gasteiger partial charge on any atom is 0.234 e. The summed E-state index contributed by atoms with van der Waals surface area (Å²) in [7, 11) is 0. The van der Waals surface area contributed by atoms with Crippen molar-refractivity contribution in [2.75, 3.05) is 45.9 Å². The van der Waals surface area contributed by atoms with Crippen LogP contribution in [0.2, 0.25) is 5.02 Å². The van der Waals surface area contributed by atoms with Gasteiger partial charge in [0.05, 0.1) is 19.3 Å². The fraction of sp³-hybridized carbons (Fsp3) is 0.667. The van der Waals surface area contributed by atoms with Crippen LogP contribution in [0, 0.1) is 5.92 Å². The molecule has 0 bridgehead atoms. The van der Waals surface area contributed by atoms with E-state index in [2.05, 4.69) is 35.0 Å². The second kappa shape index (κ2) is 9.87. The molecule has 2 aliphatic rings. The number of carbonyl (C=O) groups is 1. The molecule has 2 heterocycles. The van der Waals surface area contributed by atoms with Crippen LogP contribution >= 0.6 is 11.6 Å². The van der Waals surface area contributed by atoms with E-state index in [1.54, 1.807) is 0 Å². The zero-order valence-electron chi connectivity index (χ0n) is 16.5. The van der Waals surface area contributed by atoms with E-state index >= 15 is 0 Å². The summed E-state index contributed by atoms with van der Waals surface area (Å²) in [6.07, 6.45) is 2.23. The molecule has 3 rings (SSSR count). The van der Waals surface area contributed by atoms with Crippen molar-refractivity contribution >= 4 is 17.5 Å². The van der Waals surface area contributed by atoms with Crippen LogP contribution in [0.1, 0.15) is 38.3 Å². The van der Waals surface area contributed by atoms with E-state index in [0.717, 1.165) is 56.2 Å². The highest BCUT2D eigenvalue weighted by atomic mass is 35.5. The molecule has 1 aromatic rings. The summed E-state index contributed by atoms with van der Waals surface area (Å²) in [5.74, 6) is 0.716. The van der Waals surface area contributed by atoms with E-state index in [-0.39, 0.29) is 18.1 Å². The molecular weight excluding hydrogens is 362 g/mol. The van der Waals surface area contributed by atoms with Gasteiger partial charge in [0.25, 0.3) is 0 Å². The molecule has 6 heteroatoms. The molecule has 0 aromatic heterocycles. The van der Waals surface area contributed by atoms with Crippen LogP contribution in [0.4, 0.5) is 0 Å². The summed E-state index contributed by atoms with van der Waals surface area (Å²) in [5.41, 5.74) is 1.13.